The van der Waals surface area contributed by atoms with Crippen LogP contribution in [0.5, 0.6) is 0 Å². The number of nitrogens with zero attached hydrogens (tertiary/aromatic N) is 1. The van der Waals surface area contributed by atoms with Crippen molar-refractivity contribution in [2.75, 3.05) is 6.54 Å². The van der Waals surface area contributed by atoms with Crippen LogP contribution in [0.2, 0.25) is 0 Å². The first-order valence-corrected chi connectivity index (χ1v) is 3.59. The molecule has 0 unspecified atom stereocenters. The molecule has 60 valence electrons. The number of hydrogen-bond acceptors (Lipinski definition) is 3. The van der Waals surface area contributed by atoms with Gasteiger partial charge in [0.25, 0.3) is 0 Å². The van der Waals surface area contributed by atoms with Gasteiger partial charge >= 0.3 is 0 Å². The lowest BCUT2D eigenvalue weighted by atomic mass is 10.3. The van der Waals surface area contributed by atoms with E-state index in [1.54, 1.807) is 6.92 Å². The molecule has 3 heteroatoms. The van der Waals surface area contributed by atoms with Gasteiger partial charge in [0.05, 0.1) is 0 Å². The monoisotopic (exact) mass is 143 g/mol. The zero-order valence-electron chi connectivity index (χ0n) is 6.68. The zero-order valence-corrected chi connectivity index (χ0v) is 6.68. The number of allylic oxidation sites excluding steroid dienone is 1. The fraction of sp³-hybridized carbons (Fsp3) is 0.714. The average Bonchev–Trinajstić information content (AvgIpc) is 1.88. The largest absolute Gasteiger partial charge is 0.767 e. The van der Waals surface area contributed by atoms with Crippen molar-refractivity contribution < 1.29 is 0 Å². The molecule has 0 aliphatic carbocycles. The Morgan fingerprint density at radius 3 is 2.60 bits per heavy atom. The molecule has 0 radical (unpaired) electrons. The third-order valence-corrected chi connectivity index (χ3v) is 1.12. The van der Waals surface area contributed by atoms with E-state index in [1.165, 1.54) is 0 Å². The van der Waals surface area contributed by atoms with Crippen molar-refractivity contribution in [3.63, 3.8) is 0 Å². The van der Waals surface area contributed by atoms with E-state index in [-0.39, 0.29) is 0 Å². The Morgan fingerprint density at radius 2 is 2.20 bits per heavy atom. The molecule has 1 N–H and O–H groups in total. The molecule has 0 aromatic heterocycles. The maximum atomic E-state index is 10.6. The lowest BCUT2D eigenvalue weighted by molar-refractivity contribution is 0.316. The SMILES string of the molecule is C=C(CCC)NN([O-])CC. The molecular formula is C7H15N2O-. The van der Waals surface area contributed by atoms with Crippen molar-refractivity contribution in [2.24, 2.45) is 0 Å². The molecule has 0 saturated heterocycles. The van der Waals surface area contributed by atoms with E-state index >= 15 is 0 Å². The maximum absolute atomic E-state index is 10.6. The normalized spacial score (nSPS) is 10.0. The predicted molar refractivity (Wildman–Crippen MR) is 42.9 cm³/mol. The van der Waals surface area contributed by atoms with Crippen LogP contribution in [0.4, 0.5) is 0 Å². The Labute approximate surface area is 62.3 Å². The number of rotatable bonds is 5. The summed E-state index contributed by atoms with van der Waals surface area (Å²) in [6.45, 7) is 7.97. The molecule has 0 aliphatic rings. The molecule has 0 aromatic rings. The van der Waals surface area contributed by atoms with E-state index in [1.807, 2.05) is 6.92 Å². The van der Waals surface area contributed by atoms with Crippen molar-refractivity contribution in [1.29, 1.82) is 0 Å². The number of hydrogen-bond donors (Lipinski definition) is 1. The van der Waals surface area contributed by atoms with Crippen molar-refractivity contribution in [2.45, 2.75) is 26.7 Å². The van der Waals surface area contributed by atoms with Gasteiger partial charge in [-0.05, 0) is 6.42 Å². The fourth-order valence-corrected chi connectivity index (χ4v) is 0.613. The minimum Gasteiger partial charge on any atom is -0.767 e. The van der Waals surface area contributed by atoms with Crippen LogP contribution in [-0.4, -0.2) is 11.7 Å². The van der Waals surface area contributed by atoms with Crippen LogP contribution in [0.3, 0.4) is 0 Å². The highest BCUT2D eigenvalue weighted by Crippen LogP contribution is 1.97. The summed E-state index contributed by atoms with van der Waals surface area (Å²) in [4.78, 5) is 0. The van der Waals surface area contributed by atoms with Gasteiger partial charge in [-0.25, -0.2) is 0 Å². The van der Waals surface area contributed by atoms with Gasteiger partial charge in [-0.2, -0.15) is 0 Å². The molecule has 0 amide bonds. The highest BCUT2D eigenvalue weighted by molar-refractivity contribution is 4.88. The molecule has 0 atom stereocenters. The van der Waals surface area contributed by atoms with E-state index < -0.39 is 0 Å². The van der Waals surface area contributed by atoms with Gasteiger partial charge in [-0.1, -0.05) is 26.8 Å². The van der Waals surface area contributed by atoms with Gasteiger partial charge in [0.2, 0.25) is 0 Å². The van der Waals surface area contributed by atoms with Crippen LogP contribution in [0.1, 0.15) is 26.7 Å². The summed E-state index contributed by atoms with van der Waals surface area (Å²) in [5, 5.41) is 11.4. The molecule has 0 aliphatic heterocycles. The second-order valence-electron chi connectivity index (χ2n) is 2.16. The standard InChI is InChI=1S/C7H15N2O/c1-4-6-7(3)8-9(10)5-2/h8H,3-6H2,1-2H3/q-1. The summed E-state index contributed by atoms with van der Waals surface area (Å²) in [6.07, 6.45) is 1.88. The Balaban J connectivity index is 3.37. The van der Waals surface area contributed by atoms with Gasteiger partial charge in [0.1, 0.15) is 0 Å². The molecule has 3 nitrogen and oxygen atoms in total. The highest BCUT2D eigenvalue weighted by atomic mass is 16.5. The molecule has 0 spiro atoms. The molecule has 0 aromatic carbocycles. The van der Waals surface area contributed by atoms with Crippen molar-refractivity contribution in [3.8, 4) is 0 Å². The average molecular weight is 143 g/mol. The van der Waals surface area contributed by atoms with E-state index in [4.69, 9.17) is 0 Å². The molecule has 0 heterocycles. The summed E-state index contributed by atoms with van der Waals surface area (Å²) in [5.74, 6) is 0. The number of hydrazine groups is 1. The van der Waals surface area contributed by atoms with E-state index in [0.717, 1.165) is 23.7 Å². The van der Waals surface area contributed by atoms with Crippen LogP contribution in [0.15, 0.2) is 12.3 Å². The summed E-state index contributed by atoms with van der Waals surface area (Å²) in [5.41, 5.74) is 3.40. The third kappa shape index (κ3) is 4.35. The Bertz CT molecular complexity index is 104. The Kier molecular flexibility index (Phi) is 4.98. The quantitative estimate of drug-likeness (QED) is 0.594. The second-order valence-corrected chi connectivity index (χ2v) is 2.16. The number of nitrogens with one attached hydrogen (secondary N) is 1. The first kappa shape index (κ1) is 9.46. The smallest absolute Gasteiger partial charge is 0.0182 e. The summed E-state index contributed by atoms with van der Waals surface area (Å²) in [6, 6.07) is 0. The van der Waals surface area contributed by atoms with Gasteiger partial charge in [0.15, 0.2) is 0 Å². The van der Waals surface area contributed by atoms with Crippen molar-refractivity contribution in [3.05, 3.63) is 17.5 Å². The van der Waals surface area contributed by atoms with Crippen LogP contribution in [-0.2, 0) is 0 Å². The zero-order chi connectivity index (χ0) is 7.98. The predicted octanol–water partition coefficient (Wildman–Crippen LogP) is 1.62. The minimum absolute atomic E-state index is 0.447. The lowest BCUT2D eigenvalue weighted by Crippen LogP contribution is -2.31. The van der Waals surface area contributed by atoms with Gasteiger partial charge in [-0.15, -0.1) is 0 Å². The van der Waals surface area contributed by atoms with Crippen molar-refractivity contribution in [1.82, 2.24) is 10.6 Å². The number of hydroxylamine groups is 1. The topological polar surface area (TPSA) is 38.3 Å². The molecule has 0 rings (SSSR count). The highest BCUT2D eigenvalue weighted by Gasteiger charge is 1.89. The summed E-state index contributed by atoms with van der Waals surface area (Å²) >= 11 is 0. The van der Waals surface area contributed by atoms with Crippen molar-refractivity contribution >= 4 is 0 Å². The minimum atomic E-state index is 0.447. The molecule has 0 fully saturated rings. The first-order chi connectivity index (χ1) is 4.70. The molecule has 0 saturated carbocycles. The maximum Gasteiger partial charge on any atom is 0.0182 e. The van der Waals surface area contributed by atoms with Crippen LogP contribution < -0.4 is 5.43 Å². The fourth-order valence-electron chi connectivity index (χ4n) is 0.613. The summed E-state index contributed by atoms with van der Waals surface area (Å²) in [7, 11) is 0. The summed E-state index contributed by atoms with van der Waals surface area (Å²) < 4.78 is 0. The lowest BCUT2D eigenvalue weighted by Gasteiger charge is -2.28. The molecule has 0 bridgehead atoms. The second kappa shape index (κ2) is 5.26. The van der Waals surface area contributed by atoms with Gasteiger partial charge in [-0.3, -0.25) is 5.17 Å². The molecular weight excluding hydrogens is 128 g/mol. The third-order valence-electron chi connectivity index (χ3n) is 1.12. The van der Waals surface area contributed by atoms with E-state index in [0.29, 0.717) is 6.54 Å². The van der Waals surface area contributed by atoms with E-state index in [2.05, 4.69) is 12.0 Å². The molecule has 10 heavy (non-hydrogen) atoms. The van der Waals surface area contributed by atoms with Crippen LogP contribution in [0.25, 0.3) is 0 Å². The first-order valence-electron chi connectivity index (χ1n) is 3.59. The van der Waals surface area contributed by atoms with Gasteiger partial charge in [0, 0.05) is 12.2 Å². The van der Waals surface area contributed by atoms with E-state index in [9.17, 15) is 5.21 Å². The van der Waals surface area contributed by atoms with Gasteiger partial charge < -0.3 is 10.6 Å². The van der Waals surface area contributed by atoms with Crippen LogP contribution >= 0.6 is 0 Å². The Morgan fingerprint density at radius 1 is 1.60 bits per heavy atom. The Hall–Kier alpha value is -0.540. The van der Waals surface area contributed by atoms with Crippen LogP contribution in [0, 0.1) is 5.21 Å².